The van der Waals surface area contributed by atoms with E-state index in [-0.39, 0.29) is 0 Å². The maximum Gasteiger partial charge on any atom is 0.211 e. The number of allylic oxidation sites excluding steroid dienone is 2. The number of H-pyrrole nitrogens is 1. The van der Waals surface area contributed by atoms with Crippen molar-refractivity contribution in [2.45, 2.75) is 20.8 Å². The zero-order chi connectivity index (χ0) is 15.3. The van der Waals surface area contributed by atoms with Gasteiger partial charge in [-0.05, 0) is 31.6 Å². The van der Waals surface area contributed by atoms with E-state index in [1.807, 2.05) is 0 Å². The molecule has 2 N–H and O–H groups in total. The van der Waals surface area contributed by atoms with Gasteiger partial charge in [-0.3, -0.25) is 0 Å². The summed E-state index contributed by atoms with van der Waals surface area (Å²) in [6.45, 7) is 6.54. The van der Waals surface area contributed by atoms with Gasteiger partial charge in [0.05, 0.1) is 11.1 Å². The van der Waals surface area contributed by atoms with Crippen LogP contribution in [0.1, 0.15) is 30.7 Å². The molecule has 2 heterocycles. The minimum Gasteiger partial charge on any atom is -0.358 e. The average molecular weight is 287 g/mol. The molecular formula is C20H19N2+. The minimum atomic E-state index is 1.20. The van der Waals surface area contributed by atoms with Gasteiger partial charge < -0.3 is 4.98 Å². The number of nitrogens with one attached hydrogen (secondary N) is 2. The van der Waals surface area contributed by atoms with Crippen LogP contribution in [0.5, 0.6) is 0 Å². The van der Waals surface area contributed by atoms with Gasteiger partial charge in [0, 0.05) is 35.2 Å². The molecule has 0 radical (unpaired) electrons. The van der Waals surface area contributed by atoms with Crippen LogP contribution in [0.4, 0.5) is 5.69 Å². The zero-order valence-corrected chi connectivity index (χ0v) is 13.1. The van der Waals surface area contributed by atoms with Crippen LogP contribution in [0.3, 0.4) is 0 Å². The van der Waals surface area contributed by atoms with E-state index >= 15 is 0 Å². The summed E-state index contributed by atoms with van der Waals surface area (Å²) in [6.07, 6.45) is 0. The van der Waals surface area contributed by atoms with Crippen molar-refractivity contribution >= 4 is 33.4 Å². The molecule has 1 aliphatic heterocycles. The molecule has 2 nitrogen and oxygen atoms in total. The maximum atomic E-state index is 3.51. The van der Waals surface area contributed by atoms with Crippen molar-refractivity contribution in [1.82, 2.24) is 4.98 Å². The first kappa shape index (κ1) is 13.1. The summed E-state index contributed by atoms with van der Waals surface area (Å²) in [5, 5.41) is 1.29. The number of aromatic nitrogens is 1. The second kappa shape index (κ2) is 4.70. The topological polar surface area (TPSA) is 29.8 Å². The predicted octanol–water partition coefficient (Wildman–Crippen LogP) is 3.59. The minimum absolute atomic E-state index is 1.20. The standard InChI is InChI=1S/C20H18N2/c1-12(19-13(2)21-17-10-6-4-8-15(17)19)20-14(3)22-18-11-7-5-9-16(18)20/h4-11,21H,1-3H3/p+1/b20-12+. The predicted molar refractivity (Wildman–Crippen MR) is 93.3 cm³/mol. The molecule has 0 aliphatic carbocycles. The molecule has 0 amide bonds. The molecular weight excluding hydrogens is 268 g/mol. The maximum absolute atomic E-state index is 3.51. The summed E-state index contributed by atoms with van der Waals surface area (Å²) < 4.78 is 0. The van der Waals surface area contributed by atoms with Crippen LogP contribution in [0.25, 0.3) is 22.0 Å². The van der Waals surface area contributed by atoms with Crippen LogP contribution < -0.4 is 4.99 Å². The lowest BCUT2D eigenvalue weighted by Crippen LogP contribution is -2.62. The molecule has 1 aliphatic rings. The smallest absolute Gasteiger partial charge is 0.211 e. The number of hydrogen-bond acceptors (Lipinski definition) is 0. The molecule has 0 spiro atoms. The second-order valence-electron chi connectivity index (χ2n) is 5.97. The van der Waals surface area contributed by atoms with Crippen molar-refractivity contribution in [2.24, 2.45) is 0 Å². The Hall–Kier alpha value is -2.61. The number of aromatic amines is 1. The van der Waals surface area contributed by atoms with E-state index in [0.717, 1.165) is 0 Å². The summed E-state index contributed by atoms with van der Waals surface area (Å²) in [6, 6.07) is 17.0. The van der Waals surface area contributed by atoms with E-state index in [2.05, 4.69) is 79.3 Å². The van der Waals surface area contributed by atoms with Crippen LogP contribution in [0.2, 0.25) is 0 Å². The lowest BCUT2D eigenvalue weighted by Gasteiger charge is -2.07. The molecule has 0 saturated carbocycles. The highest BCUT2D eigenvalue weighted by atomic mass is 14.8. The highest BCUT2D eigenvalue weighted by Gasteiger charge is 2.27. The number of benzene rings is 2. The average Bonchev–Trinajstić information content (AvgIpc) is 3.01. The third-order valence-electron chi connectivity index (χ3n) is 4.54. The molecule has 1 aromatic heterocycles. The fourth-order valence-electron chi connectivity index (χ4n) is 3.64. The highest BCUT2D eigenvalue weighted by Crippen LogP contribution is 2.36. The summed E-state index contributed by atoms with van der Waals surface area (Å²) in [5.41, 5.74) is 10.1. The van der Waals surface area contributed by atoms with Crippen molar-refractivity contribution in [3.8, 4) is 0 Å². The van der Waals surface area contributed by atoms with Crippen LogP contribution in [0, 0.1) is 6.92 Å². The first-order chi connectivity index (χ1) is 10.7. The van der Waals surface area contributed by atoms with Gasteiger partial charge in [0.1, 0.15) is 0 Å². The number of rotatable bonds is 1. The van der Waals surface area contributed by atoms with E-state index in [1.54, 1.807) is 0 Å². The third kappa shape index (κ3) is 1.77. The molecule has 3 aromatic rings. The Kier molecular flexibility index (Phi) is 2.80. The van der Waals surface area contributed by atoms with Gasteiger partial charge in [-0.1, -0.05) is 30.3 Å². The van der Waals surface area contributed by atoms with Crippen molar-refractivity contribution in [1.29, 1.82) is 0 Å². The van der Waals surface area contributed by atoms with E-state index in [4.69, 9.17) is 0 Å². The van der Waals surface area contributed by atoms with E-state index in [1.165, 1.54) is 50.3 Å². The van der Waals surface area contributed by atoms with Gasteiger partial charge in [0.15, 0.2) is 5.71 Å². The van der Waals surface area contributed by atoms with Gasteiger partial charge in [0.25, 0.3) is 0 Å². The summed E-state index contributed by atoms with van der Waals surface area (Å²) in [7, 11) is 0. The normalized spacial score (nSPS) is 15.9. The number of para-hydroxylation sites is 2. The van der Waals surface area contributed by atoms with Gasteiger partial charge in [-0.15, -0.1) is 0 Å². The quantitative estimate of drug-likeness (QED) is 0.685. The van der Waals surface area contributed by atoms with E-state index < -0.39 is 0 Å². The lowest BCUT2D eigenvalue weighted by molar-refractivity contribution is -0.349. The molecule has 2 heteroatoms. The Labute approximate surface area is 130 Å². The zero-order valence-electron chi connectivity index (χ0n) is 13.1. The molecule has 0 unspecified atom stereocenters. The Morgan fingerprint density at radius 2 is 1.68 bits per heavy atom. The monoisotopic (exact) mass is 287 g/mol. The summed E-state index contributed by atoms with van der Waals surface area (Å²) in [4.78, 5) is 7.01. The number of aryl methyl sites for hydroxylation is 1. The largest absolute Gasteiger partial charge is 0.358 e. The van der Waals surface area contributed by atoms with Crippen molar-refractivity contribution < 1.29 is 4.99 Å². The molecule has 108 valence electrons. The number of hydrogen-bond donors (Lipinski definition) is 2. The van der Waals surface area contributed by atoms with Gasteiger partial charge in [-0.25, -0.2) is 4.99 Å². The first-order valence-corrected chi connectivity index (χ1v) is 7.65. The van der Waals surface area contributed by atoms with Crippen molar-refractivity contribution in [2.75, 3.05) is 0 Å². The highest BCUT2D eigenvalue weighted by molar-refractivity contribution is 6.30. The van der Waals surface area contributed by atoms with Gasteiger partial charge >= 0.3 is 0 Å². The molecule has 0 bridgehead atoms. The Morgan fingerprint density at radius 3 is 2.55 bits per heavy atom. The van der Waals surface area contributed by atoms with Crippen molar-refractivity contribution in [3.05, 3.63) is 65.4 Å². The van der Waals surface area contributed by atoms with E-state index in [9.17, 15) is 0 Å². The molecule has 0 saturated heterocycles. The van der Waals surface area contributed by atoms with E-state index in [0.29, 0.717) is 0 Å². The Morgan fingerprint density at radius 1 is 0.955 bits per heavy atom. The van der Waals surface area contributed by atoms with Gasteiger partial charge in [-0.2, -0.15) is 0 Å². The molecule has 0 atom stereocenters. The summed E-state index contributed by atoms with van der Waals surface area (Å²) in [5.74, 6) is 0. The molecule has 2 aromatic carbocycles. The van der Waals surface area contributed by atoms with Crippen LogP contribution in [-0.4, -0.2) is 10.7 Å². The second-order valence-corrected chi connectivity index (χ2v) is 5.97. The third-order valence-corrected chi connectivity index (χ3v) is 4.54. The SMILES string of the molecule is CC1=[NH+]c2ccccc2/C1=C(\C)c1c(C)[nH]c2ccccc12. The fourth-order valence-corrected chi connectivity index (χ4v) is 3.64. The van der Waals surface area contributed by atoms with Crippen molar-refractivity contribution in [3.63, 3.8) is 0 Å². The lowest BCUT2D eigenvalue weighted by atomic mass is 9.92. The fraction of sp³-hybridized carbons (Fsp3) is 0.150. The number of fused-ring (bicyclic) bond motifs is 2. The van der Waals surface area contributed by atoms with Gasteiger partial charge in [0.2, 0.25) is 5.69 Å². The Balaban J connectivity index is 2.03. The van der Waals surface area contributed by atoms with Crippen LogP contribution >= 0.6 is 0 Å². The van der Waals surface area contributed by atoms with Crippen LogP contribution in [0.15, 0.2) is 48.5 Å². The molecule has 22 heavy (non-hydrogen) atoms. The molecule has 4 rings (SSSR count). The van der Waals surface area contributed by atoms with Crippen LogP contribution in [-0.2, 0) is 0 Å². The molecule has 0 fully saturated rings. The summed E-state index contributed by atoms with van der Waals surface area (Å²) >= 11 is 0. The first-order valence-electron chi connectivity index (χ1n) is 7.65. The Bertz CT molecular complexity index is 955.